The molecule has 91 heavy (non-hydrogen) atoms. The normalized spacial score (nSPS) is 10.8. The summed E-state index contributed by atoms with van der Waals surface area (Å²) in [4.78, 5) is 60.7. The van der Waals surface area contributed by atoms with Gasteiger partial charge in [0.05, 0.1) is 72.8 Å². The summed E-state index contributed by atoms with van der Waals surface area (Å²) in [5, 5.41) is 19.9. The van der Waals surface area contributed by atoms with Crippen LogP contribution in [-0.2, 0) is 24.2 Å². The fourth-order valence-electron chi connectivity index (χ4n) is 7.43. The van der Waals surface area contributed by atoms with Gasteiger partial charge in [0.2, 0.25) is 11.6 Å². The molecule has 0 aliphatic rings. The average Bonchev–Trinajstić information content (AvgIpc) is 1.80. The Morgan fingerprint density at radius 2 is 1.08 bits per heavy atom. The molecule has 0 unspecified atom stereocenters. The first-order chi connectivity index (χ1) is 44.0. The van der Waals surface area contributed by atoms with Gasteiger partial charge in [-0.3, -0.25) is 15.0 Å². The van der Waals surface area contributed by atoms with Crippen LogP contribution in [0.15, 0.2) is 163 Å². The van der Waals surface area contributed by atoms with Crippen molar-refractivity contribution in [3.63, 3.8) is 0 Å². The molecule has 0 amide bonds. The molecule has 0 bridgehead atoms. The molecule has 25 nitrogen and oxygen atoms in total. The number of fused-ring (bicyclic) bond motifs is 3. The Hall–Kier alpha value is -10.8. The molecular weight excluding hydrogens is 1330 g/mol. The Kier molecular flexibility index (Phi) is 22.9. The molecule has 10 heterocycles. The fourth-order valence-corrected chi connectivity index (χ4v) is 9.87. The molecule has 13 aromatic rings. The van der Waals surface area contributed by atoms with E-state index in [1.807, 2.05) is 53.4 Å². The topological polar surface area (TPSA) is 325 Å². The summed E-state index contributed by atoms with van der Waals surface area (Å²) < 4.78 is 99.1. The molecule has 464 valence electrons. The first-order valence-corrected chi connectivity index (χ1v) is 28.5. The highest BCUT2D eigenvalue weighted by atomic mass is 79.9. The lowest BCUT2D eigenvalue weighted by atomic mass is 10.2. The van der Waals surface area contributed by atoms with Gasteiger partial charge in [0.1, 0.15) is 64.7 Å². The standard InChI is InChI=1S/C21H14F3N7O2S.C13H11N5O.C9H7ClN2O.C8H4BrF3N2OS.C4H5N3.CHN/c1-32-12-2-4-15-14(8-12)19(28-11-27-15)31(17-9-25-6-7-26-17)10-13-3-5-16(34-13)18-29-20(33-30-18)21(22,23)24;1-19-9-2-3-11-10(6-9)13(17-8-16-11)18-12-7-14-4-5-15-12;1-13-6-2-3-8-7(4-6)9(10)12-5-11-8;9-3-4-1-2-5(16-4)6-13-7(15-14-6)8(10,11)12;5-4-3-6-1-2-7-4;1-2/h2-9,11H,10H2,1H3;2-8H,1H3,(H,15,16,17,18);2-5H,1H3;1-2H,3H2;1-3H,(H2,5,7);1H. The second kappa shape index (κ2) is 31.4. The minimum atomic E-state index is -4.71. The maximum Gasteiger partial charge on any atom is 0.471 e. The number of nitriles is 1. The van der Waals surface area contributed by atoms with Crippen molar-refractivity contribution < 1.29 is 49.6 Å². The van der Waals surface area contributed by atoms with Crippen molar-refractivity contribution in [2.24, 2.45) is 0 Å². The van der Waals surface area contributed by atoms with E-state index in [1.165, 1.54) is 47.9 Å². The molecule has 0 fully saturated rings. The lowest BCUT2D eigenvalue weighted by Gasteiger charge is -2.23. The van der Waals surface area contributed by atoms with E-state index in [4.69, 9.17) is 36.8 Å². The van der Waals surface area contributed by atoms with E-state index in [9.17, 15) is 26.3 Å². The monoisotopic (exact) mass is 1370 g/mol. The van der Waals surface area contributed by atoms with Crippen molar-refractivity contribution in [2.45, 2.75) is 24.2 Å². The highest BCUT2D eigenvalue weighted by Crippen LogP contribution is 2.37. The molecule has 13 rings (SSSR count). The van der Waals surface area contributed by atoms with Crippen LogP contribution in [0.1, 0.15) is 21.5 Å². The molecule has 10 aromatic heterocycles. The van der Waals surface area contributed by atoms with Crippen molar-refractivity contribution in [3.05, 3.63) is 180 Å². The highest BCUT2D eigenvalue weighted by Gasteiger charge is 2.39. The predicted octanol–water partition coefficient (Wildman–Crippen LogP) is 13.3. The van der Waals surface area contributed by atoms with Crippen LogP contribution in [0, 0.1) is 11.8 Å². The van der Waals surface area contributed by atoms with E-state index in [0.717, 1.165) is 48.4 Å². The minimum Gasteiger partial charge on any atom is -0.497 e. The van der Waals surface area contributed by atoms with Gasteiger partial charge in [-0.25, -0.2) is 50.1 Å². The van der Waals surface area contributed by atoms with E-state index in [2.05, 4.69) is 117 Å². The number of anilines is 5. The summed E-state index contributed by atoms with van der Waals surface area (Å²) in [6.45, 7) is 3.80. The number of benzene rings is 3. The molecule has 0 saturated heterocycles. The number of hydrogen-bond donors (Lipinski definition) is 2. The molecule has 3 aromatic carbocycles. The number of methoxy groups -OCH3 is 3. The predicted molar refractivity (Wildman–Crippen MR) is 327 cm³/mol. The number of alkyl halides is 7. The van der Waals surface area contributed by atoms with Crippen LogP contribution in [0.25, 0.3) is 54.1 Å². The van der Waals surface area contributed by atoms with Gasteiger partial charge in [0.15, 0.2) is 5.82 Å². The van der Waals surface area contributed by atoms with Crippen molar-refractivity contribution in [3.8, 4) is 45.2 Å². The molecule has 0 atom stereocenters. The Balaban J connectivity index is 0.000000159. The number of nitrogen functional groups attached to an aromatic ring is 1. The maximum absolute atomic E-state index is 12.8. The lowest BCUT2D eigenvalue weighted by Crippen LogP contribution is -2.19. The number of halogens is 8. The third-order valence-electron chi connectivity index (χ3n) is 11.5. The summed E-state index contributed by atoms with van der Waals surface area (Å²) >= 11 is 11.7. The maximum atomic E-state index is 12.8. The quantitative estimate of drug-likeness (QED) is 0.0652. The van der Waals surface area contributed by atoms with Gasteiger partial charge in [0, 0.05) is 75.0 Å². The van der Waals surface area contributed by atoms with E-state index >= 15 is 0 Å². The SMILES string of the molecule is C#N.COc1ccc2ncnc(Cl)c2c1.COc1ccc2ncnc(N(Cc3ccc(-c4noc(C(F)(F)F)n4)s3)c3cnccn3)c2c1.COc1ccc2ncnc(Nc3cnccn3)c2c1.FC(F)(F)c1nc(-c2ccc(CBr)s2)no1.Nc1cnccn1. The number of hydrogen-bond acceptors (Lipinski definition) is 27. The summed E-state index contributed by atoms with van der Waals surface area (Å²) in [5.74, 6) is 2.12. The molecule has 35 heteroatoms. The van der Waals surface area contributed by atoms with Gasteiger partial charge >= 0.3 is 24.1 Å². The number of rotatable bonds is 12. The summed E-state index contributed by atoms with van der Waals surface area (Å²) in [5.41, 5.74) is 7.55. The molecule has 0 aliphatic heterocycles. The molecule has 0 spiro atoms. The van der Waals surface area contributed by atoms with Crippen molar-refractivity contribution in [1.82, 2.24) is 80.1 Å². The van der Waals surface area contributed by atoms with Crippen LogP contribution in [0.2, 0.25) is 5.15 Å². The minimum absolute atomic E-state index is 0.0375. The van der Waals surface area contributed by atoms with Crippen LogP contribution >= 0.6 is 50.2 Å². The summed E-state index contributed by atoms with van der Waals surface area (Å²) in [6.07, 6.45) is 9.31. The first-order valence-electron chi connectivity index (χ1n) is 25.4. The van der Waals surface area contributed by atoms with E-state index in [1.54, 1.807) is 101 Å². The molecule has 3 N–H and O–H groups in total. The van der Waals surface area contributed by atoms with Gasteiger partial charge in [-0.05, 0) is 78.9 Å². The van der Waals surface area contributed by atoms with Gasteiger partial charge in [0.25, 0.3) is 0 Å². The number of nitrogens with one attached hydrogen (secondary N) is 1. The number of ether oxygens (including phenoxy) is 3. The lowest BCUT2D eigenvalue weighted by molar-refractivity contribution is -0.160. The number of aromatic nitrogens is 16. The van der Waals surface area contributed by atoms with Gasteiger partial charge in [-0.1, -0.05) is 37.8 Å². The third-order valence-corrected chi connectivity index (χ3v) is 14.9. The second-order valence-electron chi connectivity index (χ2n) is 17.2. The third kappa shape index (κ3) is 18.0. The van der Waals surface area contributed by atoms with Crippen LogP contribution in [0.3, 0.4) is 0 Å². The Bertz CT molecular complexity index is 4470. The van der Waals surface area contributed by atoms with Crippen LogP contribution in [0.4, 0.5) is 55.4 Å². The zero-order chi connectivity index (χ0) is 64.9. The largest absolute Gasteiger partial charge is 0.497 e. The highest BCUT2D eigenvalue weighted by molar-refractivity contribution is 9.08. The fraction of sp³-hybridized carbons (Fsp3) is 0.125. The molecule has 0 aliphatic carbocycles. The van der Waals surface area contributed by atoms with Crippen molar-refractivity contribution in [1.29, 1.82) is 5.26 Å². The van der Waals surface area contributed by atoms with Crippen LogP contribution in [-0.4, -0.2) is 101 Å². The number of nitrogens with zero attached hydrogens (tertiary/aromatic N) is 18. The molecule has 0 radical (unpaired) electrons. The zero-order valence-corrected chi connectivity index (χ0v) is 50.9. The first kappa shape index (κ1) is 66.2. The van der Waals surface area contributed by atoms with Crippen LogP contribution < -0.4 is 30.2 Å². The van der Waals surface area contributed by atoms with Gasteiger partial charge < -0.3 is 39.2 Å². The van der Waals surface area contributed by atoms with Gasteiger partial charge in [-0.15, -0.1) is 22.7 Å². The van der Waals surface area contributed by atoms with Crippen molar-refractivity contribution in [2.75, 3.05) is 37.3 Å². The zero-order valence-electron chi connectivity index (χ0n) is 46.9. The van der Waals surface area contributed by atoms with Gasteiger partial charge in [-0.2, -0.15) is 36.3 Å². The Morgan fingerprint density at radius 3 is 1.56 bits per heavy atom. The van der Waals surface area contributed by atoms with Crippen LogP contribution in [0.5, 0.6) is 17.2 Å². The number of nitrogens with two attached hydrogens (primary N) is 1. The van der Waals surface area contributed by atoms with E-state index in [-0.39, 0.29) is 11.6 Å². The Morgan fingerprint density at radius 1 is 0.582 bits per heavy atom. The molecule has 0 saturated carbocycles. The second-order valence-corrected chi connectivity index (χ2v) is 20.5. The van der Waals surface area contributed by atoms with E-state index < -0.39 is 24.1 Å². The summed E-state index contributed by atoms with van der Waals surface area (Å²) in [6, 6.07) is 23.5. The smallest absolute Gasteiger partial charge is 0.471 e. The molecular formula is C56H42BrClF6N20O5S2. The average molecular weight is 1370 g/mol. The summed E-state index contributed by atoms with van der Waals surface area (Å²) in [7, 11) is 4.81. The van der Waals surface area contributed by atoms with Crippen molar-refractivity contribution >= 4 is 112 Å². The number of thiophene rings is 2. The Labute approximate surface area is 531 Å². The van der Waals surface area contributed by atoms with E-state index in [0.29, 0.717) is 67.1 Å².